The third kappa shape index (κ3) is 3.57. The van der Waals surface area contributed by atoms with Crippen LogP contribution in [0.25, 0.3) is 22.6 Å². The molecule has 0 fully saturated rings. The molecule has 2 heterocycles. The van der Waals surface area contributed by atoms with E-state index in [4.69, 9.17) is 14.5 Å². The van der Waals surface area contributed by atoms with Crippen LogP contribution in [0, 0.1) is 20.8 Å². The fourth-order valence-corrected chi connectivity index (χ4v) is 3.57. The lowest BCUT2D eigenvalue weighted by atomic mass is 10.1. The summed E-state index contributed by atoms with van der Waals surface area (Å²) < 4.78 is 13.1. The van der Waals surface area contributed by atoms with Gasteiger partial charge in [-0.2, -0.15) is 0 Å². The zero-order valence-electron chi connectivity index (χ0n) is 16.0. The molecular formula is C20H25N3O2S. The zero-order chi connectivity index (χ0) is 18.7. The standard InChI is InChI=1S/C20H25N3O2S/c1-13-11-16-17(12-14(13)2)23(26-5)20(22-16)19-15(3)18(7-8-21-19)25-10-6-9-24-4/h7-8,11-12H,6,9-10H2,1-5H3. The van der Waals surface area contributed by atoms with E-state index < -0.39 is 0 Å². The van der Waals surface area contributed by atoms with Gasteiger partial charge in [0.15, 0.2) is 5.82 Å². The average molecular weight is 372 g/mol. The molecular weight excluding hydrogens is 346 g/mol. The minimum Gasteiger partial charge on any atom is -0.493 e. The molecule has 0 amide bonds. The lowest BCUT2D eigenvalue weighted by Crippen LogP contribution is -2.04. The van der Waals surface area contributed by atoms with Crippen LogP contribution < -0.4 is 4.74 Å². The van der Waals surface area contributed by atoms with E-state index in [9.17, 15) is 0 Å². The minimum atomic E-state index is 0.621. The van der Waals surface area contributed by atoms with Crippen LogP contribution in [0.1, 0.15) is 23.1 Å². The summed E-state index contributed by atoms with van der Waals surface area (Å²) in [7, 11) is 1.70. The van der Waals surface area contributed by atoms with Crippen molar-refractivity contribution in [2.24, 2.45) is 0 Å². The maximum atomic E-state index is 5.92. The second-order valence-corrected chi connectivity index (χ2v) is 7.05. The molecule has 6 heteroatoms. The van der Waals surface area contributed by atoms with Gasteiger partial charge in [-0.1, -0.05) is 0 Å². The maximum absolute atomic E-state index is 5.92. The maximum Gasteiger partial charge on any atom is 0.170 e. The second-order valence-electron chi connectivity index (χ2n) is 6.32. The summed E-state index contributed by atoms with van der Waals surface area (Å²) >= 11 is 1.64. The molecule has 138 valence electrons. The summed E-state index contributed by atoms with van der Waals surface area (Å²) in [5.41, 5.74) is 6.47. The molecule has 0 aliphatic carbocycles. The highest BCUT2D eigenvalue weighted by molar-refractivity contribution is 7.97. The number of hydrogen-bond donors (Lipinski definition) is 0. The van der Waals surface area contributed by atoms with Crippen molar-refractivity contribution in [3.63, 3.8) is 0 Å². The normalized spacial score (nSPS) is 11.3. The van der Waals surface area contributed by atoms with E-state index in [0.29, 0.717) is 13.2 Å². The van der Waals surface area contributed by atoms with Crippen molar-refractivity contribution in [1.29, 1.82) is 0 Å². The molecule has 0 saturated carbocycles. The highest BCUT2D eigenvalue weighted by Crippen LogP contribution is 2.33. The molecule has 0 spiro atoms. The second kappa shape index (κ2) is 8.10. The van der Waals surface area contributed by atoms with Gasteiger partial charge in [0.25, 0.3) is 0 Å². The number of hydrogen-bond acceptors (Lipinski definition) is 5. The lowest BCUT2D eigenvalue weighted by Gasteiger charge is -2.12. The Labute approximate surface area is 158 Å². The Morgan fingerprint density at radius 1 is 1.12 bits per heavy atom. The number of aryl methyl sites for hydroxylation is 2. The molecule has 3 rings (SSSR count). The minimum absolute atomic E-state index is 0.621. The molecule has 1 aromatic carbocycles. The van der Waals surface area contributed by atoms with Gasteiger partial charge in [-0.3, -0.25) is 8.96 Å². The predicted octanol–water partition coefficient (Wildman–Crippen LogP) is 4.56. The third-order valence-electron chi connectivity index (χ3n) is 4.53. The Hall–Kier alpha value is -2.05. The number of benzene rings is 1. The first-order valence-corrected chi connectivity index (χ1v) is 9.87. The summed E-state index contributed by atoms with van der Waals surface area (Å²) in [6, 6.07) is 6.24. The van der Waals surface area contributed by atoms with Gasteiger partial charge in [-0.15, -0.1) is 0 Å². The van der Waals surface area contributed by atoms with Crippen molar-refractivity contribution in [1.82, 2.24) is 13.9 Å². The molecule has 0 atom stereocenters. The smallest absolute Gasteiger partial charge is 0.170 e. The fourth-order valence-electron chi connectivity index (χ4n) is 2.93. The number of aromatic nitrogens is 3. The number of rotatable bonds is 7. The predicted molar refractivity (Wildman–Crippen MR) is 108 cm³/mol. The average Bonchev–Trinajstić information content (AvgIpc) is 2.97. The monoisotopic (exact) mass is 371 g/mol. The fraction of sp³-hybridized carbons (Fsp3) is 0.400. The lowest BCUT2D eigenvalue weighted by molar-refractivity contribution is 0.172. The van der Waals surface area contributed by atoms with Crippen molar-refractivity contribution in [2.75, 3.05) is 26.6 Å². The number of nitrogens with zero attached hydrogens (tertiary/aromatic N) is 3. The summed E-state index contributed by atoms with van der Waals surface area (Å²) in [5, 5.41) is 0. The highest BCUT2D eigenvalue weighted by Gasteiger charge is 2.18. The van der Waals surface area contributed by atoms with Crippen LogP contribution in [-0.2, 0) is 4.74 Å². The van der Waals surface area contributed by atoms with Gasteiger partial charge >= 0.3 is 0 Å². The quantitative estimate of drug-likeness (QED) is 0.570. The van der Waals surface area contributed by atoms with Crippen LogP contribution in [0.15, 0.2) is 24.4 Å². The van der Waals surface area contributed by atoms with Crippen molar-refractivity contribution < 1.29 is 9.47 Å². The van der Waals surface area contributed by atoms with Crippen LogP contribution >= 0.6 is 11.9 Å². The van der Waals surface area contributed by atoms with Gasteiger partial charge in [-0.05, 0) is 62.0 Å². The van der Waals surface area contributed by atoms with Gasteiger partial charge in [-0.25, -0.2) is 4.98 Å². The molecule has 26 heavy (non-hydrogen) atoms. The van der Waals surface area contributed by atoms with Gasteiger partial charge in [0.2, 0.25) is 0 Å². The van der Waals surface area contributed by atoms with E-state index in [1.807, 2.05) is 13.0 Å². The van der Waals surface area contributed by atoms with Crippen molar-refractivity contribution in [3.05, 3.63) is 41.1 Å². The number of imidazole rings is 1. The van der Waals surface area contributed by atoms with Gasteiger partial charge < -0.3 is 9.47 Å². The Kier molecular flexibility index (Phi) is 5.84. The van der Waals surface area contributed by atoms with E-state index in [0.717, 1.165) is 40.3 Å². The molecule has 0 bridgehead atoms. The van der Waals surface area contributed by atoms with Crippen molar-refractivity contribution in [3.8, 4) is 17.3 Å². The molecule has 0 aliphatic heterocycles. The van der Waals surface area contributed by atoms with Gasteiger partial charge in [0.05, 0.1) is 17.6 Å². The van der Waals surface area contributed by atoms with Crippen molar-refractivity contribution >= 4 is 23.0 Å². The number of methoxy groups -OCH3 is 1. The van der Waals surface area contributed by atoms with E-state index in [2.05, 4.69) is 41.2 Å². The Bertz CT molecular complexity index is 921. The van der Waals surface area contributed by atoms with Crippen LogP contribution in [0.4, 0.5) is 0 Å². The van der Waals surface area contributed by atoms with Crippen LogP contribution in [0.2, 0.25) is 0 Å². The highest BCUT2D eigenvalue weighted by atomic mass is 32.2. The van der Waals surface area contributed by atoms with Crippen LogP contribution in [0.5, 0.6) is 5.75 Å². The largest absolute Gasteiger partial charge is 0.493 e. The molecule has 0 saturated heterocycles. The summed E-state index contributed by atoms with van der Waals surface area (Å²) in [6.45, 7) is 7.59. The SMILES string of the molecule is COCCCOc1ccnc(-c2nc3cc(C)c(C)cc3n2SC)c1C. The third-order valence-corrected chi connectivity index (χ3v) is 5.26. The van der Waals surface area contributed by atoms with E-state index in [1.54, 1.807) is 25.3 Å². The van der Waals surface area contributed by atoms with Crippen LogP contribution in [0.3, 0.4) is 0 Å². The van der Waals surface area contributed by atoms with Gasteiger partial charge in [0, 0.05) is 38.2 Å². The summed E-state index contributed by atoms with van der Waals surface area (Å²) in [6.07, 6.45) is 4.70. The first-order valence-electron chi connectivity index (χ1n) is 8.68. The molecule has 0 radical (unpaired) electrons. The topological polar surface area (TPSA) is 49.2 Å². The van der Waals surface area contributed by atoms with E-state index >= 15 is 0 Å². The van der Waals surface area contributed by atoms with E-state index in [-0.39, 0.29) is 0 Å². The Morgan fingerprint density at radius 2 is 1.88 bits per heavy atom. The van der Waals surface area contributed by atoms with Gasteiger partial charge in [0.1, 0.15) is 11.4 Å². The molecule has 0 N–H and O–H groups in total. The molecule has 5 nitrogen and oxygen atoms in total. The first-order chi connectivity index (χ1) is 12.6. The molecule has 3 aromatic rings. The Morgan fingerprint density at radius 3 is 2.62 bits per heavy atom. The zero-order valence-corrected chi connectivity index (χ0v) is 16.8. The first kappa shape index (κ1) is 18.7. The summed E-state index contributed by atoms with van der Waals surface area (Å²) in [4.78, 5) is 9.47. The number of ether oxygens (including phenoxy) is 2. The Balaban J connectivity index is 2.03. The van der Waals surface area contributed by atoms with E-state index in [1.165, 1.54) is 11.1 Å². The summed E-state index contributed by atoms with van der Waals surface area (Å²) in [5.74, 6) is 1.70. The van der Waals surface area contributed by atoms with Crippen LogP contribution in [-0.4, -0.2) is 40.5 Å². The number of pyridine rings is 1. The molecule has 2 aromatic heterocycles. The molecule has 0 unspecified atom stereocenters. The molecule has 0 aliphatic rings. The van der Waals surface area contributed by atoms with Crippen molar-refractivity contribution in [2.45, 2.75) is 27.2 Å². The number of fused-ring (bicyclic) bond motifs is 1.